The lowest BCUT2D eigenvalue weighted by Crippen LogP contribution is -2.09. The zero-order valence-electron chi connectivity index (χ0n) is 18.1. The summed E-state index contributed by atoms with van der Waals surface area (Å²) < 4.78 is 8.08. The Labute approximate surface area is 195 Å². The van der Waals surface area contributed by atoms with Crippen LogP contribution in [-0.4, -0.2) is 15.5 Å². The molecule has 0 radical (unpaired) electrons. The summed E-state index contributed by atoms with van der Waals surface area (Å²) in [6.07, 6.45) is 0. The van der Waals surface area contributed by atoms with Crippen molar-refractivity contribution in [3.63, 3.8) is 0 Å². The minimum Gasteiger partial charge on any atom is -0.420 e. The summed E-state index contributed by atoms with van der Waals surface area (Å²) in [7, 11) is 0. The zero-order chi connectivity index (χ0) is 23.5. The first kappa shape index (κ1) is 21.2. The monoisotopic (exact) mass is 448 g/mol. The van der Waals surface area contributed by atoms with Gasteiger partial charge in [0.15, 0.2) is 5.75 Å². The minimum absolute atomic E-state index is 0.00250. The minimum atomic E-state index is -0.466. The van der Waals surface area contributed by atoms with Crippen LogP contribution in [0.4, 0.5) is 5.69 Å². The third-order valence-corrected chi connectivity index (χ3v) is 5.66. The van der Waals surface area contributed by atoms with Gasteiger partial charge in [-0.05, 0) is 42.0 Å². The molecule has 0 fully saturated rings. The van der Waals surface area contributed by atoms with E-state index in [2.05, 4.69) is 4.57 Å². The first-order valence-corrected chi connectivity index (χ1v) is 10.8. The maximum Gasteiger partial charge on any atom is 0.343 e. The zero-order valence-corrected chi connectivity index (χ0v) is 18.1. The highest BCUT2D eigenvalue weighted by Gasteiger charge is 2.23. The molecule has 0 unspecified atom stereocenters. The molecule has 1 heterocycles. The van der Waals surface area contributed by atoms with E-state index in [1.54, 1.807) is 36.4 Å². The Balaban J connectivity index is 1.71. The Bertz CT molecular complexity index is 1470. The van der Waals surface area contributed by atoms with Crippen LogP contribution in [0.3, 0.4) is 0 Å². The third kappa shape index (κ3) is 4.04. The smallest absolute Gasteiger partial charge is 0.343 e. The molecular formula is C28H20N2O4. The molecule has 0 N–H and O–H groups in total. The van der Waals surface area contributed by atoms with Gasteiger partial charge in [0.1, 0.15) is 0 Å². The first-order chi connectivity index (χ1) is 16.6. The van der Waals surface area contributed by atoms with E-state index >= 15 is 0 Å². The van der Waals surface area contributed by atoms with Crippen LogP contribution in [0.1, 0.15) is 15.9 Å². The number of carbonyl (C=O) groups is 1. The summed E-state index contributed by atoms with van der Waals surface area (Å²) in [6, 6.07) is 32.8. The maximum absolute atomic E-state index is 13.0. The van der Waals surface area contributed by atoms with Crippen LogP contribution in [0.25, 0.3) is 22.2 Å². The number of ether oxygens (including phenoxy) is 1. The van der Waals surface area contributed by atoms with Crippen LogP contribution in [0.2, 0.25) is 0 Å². The topological polar surface area (TPSA) is 74.4 Å². The van der Waals surface area contributed by atoms with Gasteiger partial charge >= 0.3 is 5.97 Å². The van der Waals surface area contributed by atoms with Gasteiger partial charge in [-0.15, -0.1) is 0 Å². The standard InChI is InChI=1S/C28H20N2O4/c31-28(22-11-5-2-6-12-22)34-27-24-13-7-8-14-25(24)29(19-20-9-3-1-4-10-20)26(27)21-15-17-23(18-16-21)30(32)33/h1-18H,19H2. The number of aromatic nitrogens is 1. The van der Waals surface area contributed by atoms with Crippen molar-refractivity contribution in [2.24, 2.45) is 0 Å². The van der Waals surface area contributed by atoms with Gasteiger partial charge in [-0.2, -0.15) is 0 Å². The average molecular weight is 448 g/mol. The summed E-state index contributed by atoms with van der Waals surface area (Å²) in [5, 5.41) is 12.0. The van der Waals surface area contributed by atoms with Gasteiger partial charge in [0.2, 0.25) is 0 Å². The van der Waals surface area contributed by atoms with E-state index in [9.17, 15) is 14.9 Å². The summed E-state index contributed by atoms with van der Waals surface area (Å²) in [5.41, 5.74) is 3.81. The maximum atomic E-state index is 13.0. The molecule has 0 saturated carbocycles. The number of fused-ring (bicyclic) bond motifs is 1. The lowest BCUT2D eigenvalue weighted by atomic mass is 10.1. The predicted molar refractivity (Wildman–Crippen MR) is 131 cm³/mol. The van der Waals surface area contributed by atoms with Crippen molar-refractivity contribution >= 4 is 22.6 Å². The largest absolute Gasteiger partial charge is 0.420 e. The molecule has 5 rings (SSSR count). The Morgan fingerprint density at radius 3 is 2.09 bits per heavy atom. The van der Waals surface area contributed by atoms with Crippen molar-refractivity contribution in [2.45, 2.75) is 6.54 Å². The van der Waals surface area contributed by atoms with Gasteiger partial charge in [0.05, 0.1) is 21.7 Å². The van der Waals surface area contributed by atoms with Gasteiger partial charge in [0, 0.05) is 29.6 Å². The fourth-order valence-corrected chi connectivity index (χ4v) is 4.06. The number of para-hydroxylation sites is 1. The number of hydrogen-bond acceptors (Lipinski definition) is 4. The van der Waals surface area contributed by atoms with Crippen molar-refractivity contribution in [1.82, 2.24) is 4.57 Å². The Kier molecular flexibility index (Phi) is 5.62. The van der Waals surface area contributed by atoms with E-state index in [-0.39, 0.29) is 5.69 Å². The third-order valence-electron chi connectivity index (χ3n) is 5.66. The number of benzene rings is 4. The number of esters is 1. The molecule has 0 bridgehead atoms. The molecule has 0 aliphatic rings. The fourth-order valence-electron chi connectivity index (χ4n) is 4.06. The molecule has 34 heavy (non-hydrogen) atoms. The molecule has 0 atom stereocenters. The number of nitro benzene ring substituents is 1. The van der Waals surface area contributed by atoms with E-state index in [0.29, 0.717) is 29.1 Å². The number of nitrogens with zero attached hydrogens (tertiary/aromatic N) is 2. The highest BCUT2D eigenvalue weighted by Crippen LogP contribution is 2.41. The molecule has 6 nitrogen and oxygen atoms in total. The number of carbonyl (C=O) groups excluding carboxylic acids is 1. The second-order valence-electron chi connectivity index (χ2n) is 7.83. The normalized spacial score (nSPS) is 10.8. The Hall–Kier alpha value is -4.71. The lowest BCUT2D eigenvalue weighted by Gasteiger charge is -2.13. The highest BCUT2D eigenvalue weighted by molar-refractivity contribution is 6.00. The second-order valence-corrected chi connectivity index (χ2v) is 7.83. The summed E-state index contributed by atoms with van der Waals surface area (Å²) in [6.45, 7) is 0.538. The number of hydrogen-bond donors (Lipinski definition) is 0. The van der Waals surface area contributed by atoms with Crippen molar-refractivity contribution in [3.8, 4) is 17.0 Å². The number of nitro groups is 1. The van der Waals surface area contributed by atoms with Gasteiger partial charge in [0.25, 0.3) is 5.69 Å². The molecule has 0 amide bonds. The van der Waals surface area contributed by atoms with Crippen molar-refractivity contribution < 1.29 is 14.5 Å². The second kappa shape index (κ2) is 9.03. The van der Waals surface area contributed by atoms with Crippen LogP contribution < -0.4 is 4.74 Å². The van der Waals surface area contributed by atoms with Crippen molar-refractivity contribution in [2.75, 3.05) is 0 Å². The quantitative estimate of drug-likeness (QED) is 0.169. The fraction of sp³-hybridized carbons (Fsp3) is 0.0357. The van der Waals surface area contributed by atoms with E-state index < -0.39 is 10.9 Å². The van der Waals surface area contributed by atoms with Gasteiger partial charge in [-0.3, -0.25) is 10.1 Å². The van der Waals surface area contributed by atoms with E-state index in [0.717, 1.165) is 16.5 Å². The molecule has 166 valence electrons. The Morgan fingerprint density at radius 1 is 0.794 bits per heavy atom. The summed E-state index contributed by atoms with van der Waals surface area (Å²) >= 11 is 0. The predicted octanol–water partition coefficient (Wildman–Crippen LogP) is 6.48. The van der Waals surface area contributed by atoms with Gasteiger partial charge in [-0.1, -0.05) is 60.7 Å². The lowest BCUT2D eigenvalue weighted by molar-refractivity contribution is -0.384. The molecule has 0 aliphatic carbocycles. The van der Waals surface area contributed by atoms with E-state index in [4.69, 9.17) is 4.74 Å². The molecule has 1 aromatic heterocycles. The van der Waals surface area contributed by atoms with Crippen LogP contribution in [0, 0.1) is 10.1 Å². The SMILES string of the molecule is O=C(Oc1c(-c2ccc([N+](=O)[O-])cc2)n(Cc2ccccc2)c2ccccc12)c1ccccc1. The van der Waals surface area contributed by atoms with E-state index in [1.807, 2.05) is 60.7 Å². The van der Waals surface area contributed by atoms with Gasteiger partial charge in [-0.25, -0.2) is 4.79 Å². The van der Waals surface area contributed by atoms with E-state index in [1.165, 1.54) is 12.1 Å². The molecule has 6 heteroatoms. The van der Waals surface area contributed by atoms with Crippen LogP contribution in [-0.2, 0) is 6.54 Å². The summed E-state index contributed by atoms with van der Waals surface area (Å²) in [5.74, 6) is -0.0411. The molecule has 0 saturated heterocycles. The number of rotatable bonds is 6. The van der Waals surface area contributed by atoms with Gasteiger partial charge < -0.3 is 9.30 Å². The Morgan fingerprint density at radius 2 is 1.41 bits per heavy atom. The number of non-ortho nitro benzene ring substituents is 1. The molecular weight excluding hydrogens is 428 g/mol. The van der Waals surface area contributed by atoms with Crippen molar-refractivity contribution in [3.05, 3.63) is 130 Å². The summed E-state index contributed by atoms with van der Waals surface area (Å²) in [4.78, 5) is 23.8. The molecule has 0 aliphatic heterocycles. The highest BCUT2D eigenvalue weighted by atomic mass is 16.6. The van der Waals surface area contributed by atoms with Crippen molar-refractivity contribution in [1.29, 1.82) is 0 Å². The molecule has 0 spiro atoms. The van der Waals surface area contributed by atoms with Crippen LogP contribution in [0.15, 0.2) is 109 Å². The average Bonchev–Trinajstić information content (AvgIpc) is 3.18. The first-order valence-electron chi connectivity index (χ1n) is 10.8. The molecule has 5 aromatic rings. The van der Waals surface area contributed by atoms with Crippen LogP contribution >= 0.6 is 0 Å². The van der Waals surface area contributed by atoms with Crippen LogP contribution in [0.5, 0.6) is 5.75 Å². The molecule has 4 aromatic carbocycles.